The summed E-state index contributed by atoms with van der Waals surface area (Å²) in [4.78, 5) is 26.7. The number of carbonyl (C=O) groups is 1. The number of hydrogen-bond donors (Lipinski definition) is 1. The Morgan fingerprint density at radius 1 is 1.21 bits per heavy atom. The van der Waals surface area contributed by atoms with Crippen molar-refractivity contribution in [2.75, 3.05) is 0 Å². The van der Waals surface area contributed by atoms with Crippen molar-refractivity contribution in [2.45, 2.75) is 13.3 Å². The molecule has 1 heterocycles. The number of nitrogens with one attached hydrogen (secondary N) is 1. The minimum atomic E-state index is -0.480. The summed E-state index contributed by atoms with van der Waals surface area (Å²) in [5, 5.41) is 17.2. The Kier molecular flexibility index (Phi) is 5.85. The Hall–Kier alpha value is -3.46. The molecule has 1 aromatic heterocycles. The Labute approximate surface area is 163 Å². The monoisotopic (exact) mass is 398 g/mol. The van der Waals surface area contributed by atoms with E-state index in [1.54, 1.807) is 36.6 Å². The molecule has 0 bridgehead atoms. The smallest absolute Gasteiger partial charge is 0.269 e. The first-order chi connectivity index (χ1) is 13.4. The maximum absolute atomic E-state index is 13.0. The van der Waals surface area contributed by atoms with Crippen molar-refractivity contribution in [3.05, 3.63) is 81.1 Å². The van der Waals surface area contributed by atoms with Gasteiger partial charge in [-0.25, -0.2) is 14.8 Å². The predicted molar refractivity (Wildman–Crippen MR) is 105 cm³/mol. The first kappa shape index (κ1) is 19.3. The molecule has 1 N–H and O–H groups in total. The zero-order valence-corrected chi connectivity index (χ0v) is 15.6. The maximum Gasteiger partial charge on any atom is 0.269 e. The number of carbonyl (C=O) groups excluding carboxylic acids is 1. The molecule has 0 aliphatic carbocycles. The summed E-state index contributed by atoms with van der Waals surface area (Å²) in [5.74, 6) is -0.654. The molecule has 3 aromatic rings. The van der Waals surface area contributed by atoms with Crippen molar-refractivity contribution in [2.24, 2.45) is 5.10 Å². The van der Waals surface area contributed by atoms with Crippen LogP contribution in [0.2, 0.25) is 0 Å². The summed E-state index contributed by atoms with van der Waals surface area (Å²) in [7, 11) is 0. The molecule has 0 aliphatic heterocycles. The normalized spacial score (nSPS) is 11.3. The summed E-state index contributed by atoms with van der Waals surface area (Å²) in [6.07, 6.45) is 0.0503. The van der Waals surface area contributed by atoms with Crippen LogP contribution in [0.15, 0.2) is 59.0 Å². The summed E-state index contributed by atoms with van der Waals surface area (Å²) in [6.45, 7) is 1.69. The van der Waals surface area contributed by atoms with Crippen LogP contribution in [-0.4, -0.2) is 21.5 Å². The van der Waals surface area contributed by atoms with Crippen LogP contribution in [0.3, 0.4) is 0 Å². The second-order valence-corrected chi connectivity index (χ2v) is 6.72. The van der Waals surface area contributed by atoms with E-state index in [4.69, 9.17) is 0 Å². The van der Waals surface area contributed by atoms with E-state index in [2.05, 4.69) is 15.5 Å². The molecule has 7 nitrogen and oxygen atoms in total. The van der Waals surface area contributed by atoms with Gasteiger partial charge in [-0.1, -0.05) is 0 Å². The van der Waals surface area contributed by atoms with E-state index in [1.807, 2.05) is 0 Å². The topological polar surface area (TPSA) is 97.5 Å². The third kappa shape index (κ3) is 4.83. The van der Waals surface area contributed by atoms with E-state index >= 15 is 0 Å². The van der Waals surface area contributed by atoms with E-state index < -0.39 is 4.92 Å². The number of benzene rings is 2. The zero-order chi connectivity index (χ0) is 20.1. The largest absolute Gasteiger partial charge is 0.273 e. The Bertz CT molecular complexity index is 1030. The van der Waals surface area contributed by atoms with Crippen LogP contribution >= 0.6 is 11.3 Å². The van der Waals surface area contributed by atoms with Crippen molar-refractivity contribution in [3.8, 4) is 10.6 Å². The molecule has 0 radical (unpaired) electrons. The minimum Gasteiger partial charge on any atom is -0.273 e. The van der Waals surface area contributed by atoms with Gasteiger partial charge in [0.05, 0.1) is 22.7 Å². The fourth-order valence-electron chi connectivity index (χ4n) is 2.35. The molecule has 2 aromatic carbocycles. The van der Waals surface area contributed by atoms with E-state index in [1.165, 1.54) is 35.6 Å². The minimum absolute atomic E-state index is 0.0129. The molecule has 0 aliphatic rings. The molecule has 142 valence electrons. The van der Waals surface area contributed by atoms with Gasteiger partial charge < -0.3 is 0 Å². The number of nitro benzene ring substituents is 1. The van der Waals surface area contributed by atoms with Crippen LogP contribution < -0.4 is 5.43 Å². The summed E-state index contributed by atoms with van der Waals surface area (Å²) in [6, 6.07) is 11.9. The highest BCUT2D eigenvalue weighted by atomic mass is 32.1. The number of hydrazone groups is 1. The van der Waals surface area contributed by atoms with Crippen molar-refractivity contribution in [1.82, 2.24) is 10.4 Å². The average Bonchev–Trinajstić information content (AvgIpc) is 3.15. The Morgan fingerprint density at radius 3 is 2.54 bits per heavy atom. The number of non-ortho nitro benzene ring substituents is 1. The third-order valence-corrected chi connectivity index (χ3v) is 4.77. The fraction of sp³-hybridized carbons (Fsp3) is 0.105. The first-order valence-electron chi connectivity index (χ1n) is 8.20. The van der Waals surface area contributed by atoms with Gasteiger partial charge in [0, 0.05) is 23.1 Å². The molecule has 0 atom stereocenters. The number of halogens is 1. The van der Waals surface area contributed by atoms with Gasteiger partial charge in [-0.15, -0.1) is 11.3 Å². The molecule has 28 heavy (non-hydrogen) atoms. The van der Waals surface area contributed by atoms with Crippen LogP contribution in [0.1, 0.15) is 18.2 Å². The number of nitrogens with zero attached hydrogens (tertiary/aromatic N) is 3. The van der Waals surface area contributed by atoms with Gasteiger partial charge in [0.2, 0.25) is 5.91 Å². The lowest BCUT2D eigenvalue weighted by Crippen LogP contribution is -2.21. The highest BCUT2D eigenvalue weighted by Crippen LogP contribution is 2.24. The van der Waals surface area contributed by atoms with Crippen LogP contribution in [0.4, 0.5) is 10.1 Å². The van der Waals surface area contributed by atoms with E-state index in [0.29, 0.717) is 22.0 Å². The number of nitro groups is 1. The van der Waals surface area contributed by atoms with Crippen molar-refractivity contribution >= 4 is 28.6 Å². The summed E-state index contributed by atoms with van der Waals surface area (Å²) >= 11 is 1.37. The predicted octanol–water partition coefficient (Wildman–Crippen LogP) is 3.94. The van der Waals surface area contributed by atoms with Gasteiger partial charge in [0.25, 0.3) is 5.69 Å². The van der Waals surface area contributed by atoms with Crippen molar-refractivity contribution < 1.29 is 14.1 Å². The molecular weight excluding hydrogens is 383 g/mol. The van der Waals surface area contributed by atoms with Crippen LogP contribution in [-0.2, 0) is 11.2 Å². The van der Waals surface area contributed by atoms with Gasteiger partial charge in [-0.3, -0.25) is 14.9 Å². The van der Waals surface area contributed by atoms with E-state index in [0.717, 1.165) is 5.56 Å². The number of hydrogen-bond acceptors (Lipinski definition) is 6. The second kappa shape index (κ2) is 8.49. The molecule has 0 unspecified atom stereocenters. The number of thiazole rings is 1. The number of rotatable bonds is 6. The lowest BCUT2D eigenvalue weighted by molar-refractivity contribution is -0.384. The highest BCUT2D eigenvalue weighted by molar-refractivity contribution is 7.13. The molecule has 1 amide bonds. The summed E-state index contributed by atoms with van der Waals surface area (Å²) in [5.41, 5.74) is 5.00. The second-order valence-electron chi connectivity index (χ2n) is 5.86. The lowest BCUT2D eigenvalue weighted by Gasteiger charge is -2.02. The third-order valence-electron chi connectivity index (χ3n) is 3.83. The molecule has 3 rings (SSSR count). The van der Waals surface area contributed by atoms with Crippen LogP contribution in [0, 0.1) is 15.9 Å². The van der Waals surface area contributed by atoms with Crippen molar-refractivity contribution in [3.63, 3.8) is 0 Å². The Balaban J connectivity index is 1.60. The van der Waals surface area contributed by atoms with Crippen LogP contribution in [0.25, 0.3) is 10.6 Å². The maximum atomic E-state index is 13.0. The molecule has 0 spiro atoms. The highest BCUT2D eigenvalue weighted by Gasteiger charge is 2.10. The van der Waals surface area contributed by atoms with Gasteiger partial charge in [-0.2, -0.15) is 5.10 Å². The SMILES string of the molecule is C/C(=N/NC(=O)Cc1csc(-c2ccc(F)cc2)n1)c1ccc([N+](=O)[O-])cc1. The average molecular weight is 398 g/mol. The zero-order valence-electron chi connectivity index (χ0n) is 14.8. The van der Waals surface area contributed by atoms with Crippen molar-refractivity contribution in [1.29, 1.82) is 0 Å². The van der Waals surface area contributed by atoms with Gasteiger partial charge in [-0.05, 0) is 48.9 Å². The molecule has 0 saturated heterocycles. The van der Waals surface area contributed by atoms with Gasteiger partial charge in [0.1, 0.15) is 10.8 Å². The van der Waals surface area contributed by atoms with Crippen LogP contribution in [0.5, 0.6) is 0 Å². The van der Waals surface area contributed by atoms with E-state index in [-0.39, 0.29) is 23.8 Å². The fourth-order valence-corrected chi connectivity index (χ4v) is 3.18. The lowest BCUT2D eigenvalue weighted by atomic mass is 10.1. The number of amides is 1. The first-order valence-corrected chi connectivity index (χ1v) is 9.08. The molecule has 0 saturated carbocycles. The standard InChI is InChI=1S/C19H15FN4O3S/c1-12(13-4-8-17(9-5-13)24(26)27)22-23-18(25)10-16-11-28-19(21-16)14-2-6-15(20)7-3-14/h2-9,11H,10H2,1H3,(H,23,25)/b22-12-. The number of aromatic nitrogens is 1. The van der Waals surface area contributed by atoms with E-state index in [9.17, 15) is 19.3 Å². The van der Waals surface area contributed by atoms with Gasteiger partial charge >= 0.3 is 0 Å². The van der Waals surface area contributed by atoms with Gasteiger partial charge in [0.15, 0.2) is 0 Å². The molecule has 0 fully saturated rings. The quantitative estimate of drug-likeness (QED) is 0.386. The molecule has 9 heteroatoms. The Morgan fingerprint density at radius 2 is 1.89 bits per heavy atom. The molecular formula is C19H15FN4O3S. The summed E-state index contributed by atoms with van der Waals surface area (Å²) < 4.78 is 13.0.